The largest absolute Gasteiger partial charge is 0.374 e. The van der Waals surface area contributed by atoms with Crippen LogP contribution < -0.4 is 5.73 Å². The van der Waals surface area contributed by atoms with Crippen LogP contribution in [0, 0.1) is 0 Å². The predicted molar refractivity (Wildman–Crippen MR) is 94.6 cm³/mol. The van der Waals surface area contributed by atoms with Gasteiger partial charge in [-0.2, -0.15) is 20.3 Å². The molecular formula is C11H8Br3N5OS. The molecule has 0 saturated carbocycles. The molecule has 2 rings (SSSR count). The number of rotatable bonds is 2. The Labute approximate surface area is 151 Å². The lowest BCUT2D eigenvalue weighted by Gasteiger charge is -2.08. The predicted octanol–water partition coefficient (Wildman–Crippen LogP) is 3.89. The van der Waals surface area contributed by atoms with Gasteiger partial charge in [0.05, 0.1) is 5.71 Å². The maximum atomic E-state index is 12.1. The van der Waals surface area contributed by atoms with E-state index in [1.165, 1.54) is 0 Å². The van der Waals surface area contributed by atoms with Gasteiger partial charge >= 0.3 is 0 Å². The number of hydrogen-bond acceptors (Lipinski definition) is 5. The number of azo groups is 1. The number of hydrogen-bond donors (Lipinski definition) is 1. The number of nitrogens with zero attached hydrogens (tertiary/aromatic N) is 4. The van der Waals surface area contributed by atoms with E-state index in [2.05, 4.69) is 63.1 Å². The molecular weight excluding hydrogens is 490 g/mol. The molecule has 0 bridgehead atoms. The molecule has 0 aliphatic carbocycles. The van der Waals surface area contributed by atoms with Crippen LogP contribution in [-0.4, -0.2) is 27.8 Å². The maximum Gasteiger partial charge on any atom is 0.282 e. The van der Waals surface area contributed by atoms with Crippen molar-refractivity contribution in [1.82, 2.24) is 5.01 Å². The Bertz CT molecular complexity index is 667. The van der Waals surface area contributed by atoms with Gasteiger partial charge < -0.3 is 5.73 Å². The molecule has 10 heteroatoms. The first-order valence-corrected chi connectivity index (χ1v) is 8.34. The van der Waals surface area contributed by atoms with Gasteiger partial charge in [-0.05, 0) is 63.1 Å². The molecule has 1 aliphatic rings. The van der Waals surface area contributed by atoms with E-state index in [-0.39, 0.29) is 5.11 Å². The van der Waals surface area contributed by atoms with Crippen molar-refractivity contribution < 1.29 is 4.79 Å². The number of benzene rings is 1. The summed E-state index contributed by atoms with van der Waals surface area (Å²) in [5.41, 5.74) is 6.49. The molecule has 0 unspecified atom stereocenters. The number of thiocarbonyl (C=S) groups is 1. The average molecular weight is 498 g/mol. The number of carbonyl (C=O) groups is 1. The highest BCUT2D eigenvalue weighted by molar-refractivity contribution is 9.11. The topological polar surface area (TPSA) is 83.4 Å². The van der Waals surface area contributed by atoms with E-state index in [4.69, 9.17) is 18.0 Å². The third kappa shape index (κ3) is 3.55. The lowest BCUT2D eigenvalue weighted by atomic mass is 10.2. The number of nitrogens with two attached hydrogens (primary N) is 1. The monoisotopic (exact) mass is 495 g/mol. The summed E-state index contributed by atoms with van der Waals surface area (Å²) in [6.07, 6.45) is 0. The summed E-state index contributed by atoms with van der Waals surface area (Å²) in [7, 11) is 0. The molecule has 0 radical (unpaired) electrons. The molecule has 6 nitrogen and oxygen atoms in total. The van der Waals surface area contributed by atoms with Crippen molar-refractivity contribution >= 4 is 82.4 Å². The normalized spacial score (nSPS) is 18.5. The molecule has 1 aromatic carbocycles. The molecule has 21 heavy (non-hydrogen) atoms. The fraction of sp³-hybridized carbons (Fsp3) is 0.182. The molecule has 0 fully saturated rings. The van der Waals surface area contributed by atoms with Crippen LogP contribution in [0.1, 0.15) is 6.92 Å². The smallest absolute Gasteiger partial charge is 0.282 e. The van der Waals surface area contributed by atoms with Gasteiger partial charge in [0.25, 0.3) is 5.91 Å². The zero-order valence-electron chi connectivity index (χ0n) is 10.5. The van der Waals surface area contributed by atoms with Crippen molar-refractivity contribution in [3.8, 4) is 0 Å². The molecule has 1 aliphatic heterocycles. The van der Waals surface area contributed by atoms with Crippen LogP contribution in [0.25, 0.3) is 0 Å². The summed E-state index contributed by atoms with van der Waals surface area (Å²) in [6.45, 7) is 1.67. The summed E-state index contributed by atoms with van der Waals surface area (Å²) in [5.74, 6) is -0.409. The lowest BCUT2D eigenvalue weighted by molar-refractivity contribution is -0.126. The minimum absolute atomic E-state index is 0.108. The van der Waals surface area contributed by atoms with E-state index in [1.807, 2.05) is 12.1 Å². The van der Waals surface area contributed by atoms with E-state index >= 15 is 0 Å². The standard InChI is InChI=1S/C11H8Br3N5OS/c1-4-8(10(20)19(18-4)11(15)21)16-17-9-6(13)2-5(12)3-7(9)14/h2-3,8H,1H3,(H2,15,21)/t8-/m1/s1. The zero-order chi connectivity index (χ0) is 15.7. The Kier molecular flexibility index (Phi) is 5.23. The summed E-state index contributed by atoms with van der Waals surface area (Å²) >= 11 is 14.9. The summed E-state index contributed by atoms with van der Waals surface area (Å²) < 4.78 is 2.35. The fourth-order valence-electron chi connectivity index (χ4n) is 1.59. The number of carbonyl (C=O) groups excluding carboxylic acids is 1. The first-order valence-electron chi connectivity index (χ1n) is 5.55. The van der Waals surface area contributed by atoms with Crippen molar-refractivity contribution in [2.75, 3.05) is 0 Å². The highest BCUT2D eigenvalue weighted by atomic mass is 79.9. The van der Waals surface area contributed by atoms with Crippen molar-refractivity contribution in [3.63, 3.8) is 0 Å². The molecule has 0 spiro atoms. The number of amides is 1. The van der Waals surface area contributed by atoms with E-state index < -0.39 is 11.9 Å². The van der Waals surface area contributed by atoms with Gasteiger partial charge in [-0.1, -0.05) is 15.9 Å². The van der Waals surface area contributed by atoms with Gasteiger partial charge in [0.15, 0.2) is 11.2 Å². The molecule has 1 atom stereocenters. The van der Waals surface area contributed by atoms with Crippen molar-refractivity contribution in [2.45, 2.75) is 13.0 Å². The molecule has 0 aromatic heterocycles. The van der Waals surface area contributed by atoms with Crippen LogP contribution in [0.2, 0.25) is 0 Å². The van der Waals surface area contributed by atoms with Crippen LogP contribution in [0.15, 0.2) is 40.9 Å². The van der Waals surface area contributed by atoms with Crippen LogP contribution in [0.3, 0.4) is 0 Å². The first kappa shape index (κ1) is 16.7. The van der Waals surface area contributed by atoms with Crippen molar-refractivity contribution in [2.24, 2.45) is 21.1 Å². The number of halogens is 3. The molecule has 1 heterocycles. The maximum absolute atomic E-state index is 12.1. The Balaban J connectivity index is 2.29. The first-order chi connectivity index (χ1) is 9.81. The van der Waals surface area contributed by atoms with Gasteiger partial charge in [-0.15, -0.1) is 0 Å². The fourth-order valence-corrected chi connectivity index (χ4v) is 4.14. The molecule has 2 N–H and O–H groups in total. The summed E-state index contributed by atoms with van der Waals surface area (Å²) in [5, 5.41) is 13.0. The van der Waals surface area contributed by atoms with Gasteiger partial charge in [0.2, 0.25) is 0 Å². The minimum atomic E-state index is -0.811. The zero-order valence-corrected chi connectivity index (χ0v) is 16.1. The van der Waals surface area contributed by atoms with Gasteiger partial charge in [-0.25, -0.2) is 0 Å². The lowest BCUT2D eigenvalue weighted by Crippen LogP contribution is -2.37. The molecule has 0 saturated heterocycles. The highest BCUT2D eigenvalue weighted by Gasteiger charge is 2.35. The Morgan fingerprint density at radius 2 is 1.95 bits per heavy atom. The van der Waals surface area contributed by atoms with E-state index in [9.17, 15) is 4.79 Å². The quantitative estimate of drug-likeness (QED) is 0.497. The Hall–Kier alpha value is -0.710. The third-order valence-corrected chi connectivity index (χ3v) is 4.40. The number of hydrazone groups is 1. The molecule has 110 valence electrons. The second-order valence-electron chi connectivity index (χ2n) is 4.07. The van der Waals surface area contributed by atoms with Crippen LogP contribution >= 0.6 is 60.0 Å². The van der Waals surface area contributed by atoms with Gasteiger partial charge in [0, 0.05) is 13.4 Å². The van der Waals surface area contributed by atoms with E-state index in [0.29, 0.717) is 11.4 Å². The second kappa shape index (κ2) is 6.59. The summed E-state index contributed by atoms with van der Waals surface area (Å²) in [6, 6.07) is 2.85. The average Bonchev–Trinajstić information content (AvgIpc) is 2.64. The van der Waals surface area contributed by atoms with E-state index in [1.54, 1.807) is 6.92 Å². The SMILES string of the molecule is CC1=NN(C(N)=S)C(=O)[C@@H]1N=Nc1c(Br)cc(Br)cc1Br. The van der Waals surface area contributed by atoms with Crippen LogP contribution in [0.4, 0.5) is 5.69 Å². The molecule has 1 amide bonds. The minimum Gasteiger partial charge on any atom is -0.374 e. The Morgan fingerprint density at radius 1 is 1.38 bits per heavy atom. The van der Waals surface area contributed by atoms with Crippen molar-refractivity contribution in [1.29, 1.82) is 0 Å². The Morgan fingerprint density at radius 3 is 2.43 bits per heavy atom. The van der Waals surface area contributed by atoms with Crippen molar-refractivity contribution in [3.05, 3.63) is 25.6 Å². The summed E-state index contributed by atoms with van der Waals surface area (Å²) in [4.78, 5) is 12.1. The van der Waals surface area contributed by atoms with Gasteiger partial charge in [0.1, 0.15) is 5.69 Å². The van der Waals surface area contributed by atoms with Gasteiger partial charge in [-0.3, -0.25) is 4.79 Å². The van der Waals surface area contributed by atoms with E-state index in [0.717, 1.165) is 18.4 Å². The van der Waals surface area contributed by atoms with Crippen LogP contribution in [-0.2, 0) is 4.79 Å². The molecule has 1 aromatic rings. The van der Waals surface area contributed by atoms with Crippen LogP contribution in [0.5, 0.6) is 0 Å². The highest BCUT2D eigenvalue weighted by Crippen LogP contribution is 2.37. The second-order valence-corrected chi connectivity index (χ2v) is 7.11. The third-order valence-electron chi connectivity index (χ3n) is 2.56.